The molecule has 1 aromatic carbocycles. The predicted octanol–water partition coefficient (Wildman–Crippen LogP) is 3.19. The maximum absolute atomic E-state index is 13.0. The van der Waals surface area contributed by atoms with E-state index in [0.717, 1.165) is 19.8 Å². The highest BCUT2D eigenvalue weighted by Crippen LogP contribution is 2.45. The third kappa shape index (κ3) is 4.19. The highest BCUT2D eigenvalue weighted by Gasteiger charge is 2.46. The van der Waals surface area contributed by atoms with Gasteiger partial charge in [-0.25, -0.2) is 8.42 Å². The van der Waals surface area contributed by atoms with Crippen molar-refractivity contribution in [2.75, 3.05) is 26.2 Å². The topological polar surface area (TPSA) is 64.4 Å². The molecule has 1 aromatic rings. The summed E-state index contributed by atoms with van der Waals surface area (Å²) in [6.07, 6.45) is -2.68. The van der Waals surface area contributed by atoms with Crippen molar-refractivity contribution >= 4 is 10.0 Å². The van der Waals surface area contributed by atoms with E-state index in [0.29, 0.717) is 26.2 Å². The Morgan fingerprint density at radius 3 is 2.32 bits per heavy atom. The molecule has 2 aliphatic rings. The maximum Gasteiger partial charge on any atom is 0.399 e. The van der Waals surface area contributed by atoms with Gasteiger partial charge >= 0.3 is 6.18 Å². The summed E-state index contributed by atoms with van der Waals surface area (Å²) in [4.78, 5) is 2.11. The molecule has 0 amide bonds. The molecule has 1 heterocycles. The van der Waals surface area contributed by atoms with E-state index in [1.807, 2.05) is 6.92 Å². The Labute approximate surface area is 163 Å². The van der Waals surface area contributed by atoms with Crippen LogP contribution in [0.3, 0.4) is 0 Å². The van der Waals surface area contributed by atoms with Crippen LogP contribution in [0.2, 0.25) is 0 Å². The molecule has 1 atom stereocenters. The van der Waals surface area contributed by atoms with Gasteiger partial charge in [0, 0.05) is 32.2 Å². The van der Waals surface area contributed by atoms with Gasteiger partial charge in [-0.15, -0.1) is 0 Å². The predicted molar refractivity (Wildman–Crippen MR) is 97.6 cm³/mol. The molecule has 1 aliphatic heterocycles. The second-order valence-corrected chi connectivity index (χ2v) is 9.63. The molecule has 28 heavy (non-hydrogen) atoms. The third-order valence-electron chi connectivity index (χ3n) is 5.59. The molecule has 9 heteroatoms. The van der Waals surface area contributed by atoms with Crippen molar-refractivity contribution in [2.24, 2.45) is 5.41 Å². The fourth-order valence-corrected chi connectivity index (χ4v) is 5.19. The summed E-state index contributed by atoms with van der Waals surface area (Å²) in [7, 11) is -3.80. The lowest BCUT2D eigenvalue weighted by Crippen LogP contribution is -2.54. The third-order valence-corrected chi connectivity index (χ3v) is 7.61. The highest BCUT2D eigenvalue weighted by atomic mass is 32.2. The lowest BCUT2D eigenvalue weighted by Gasteiger charge is -2.39. The van der Waals surface area contributed by atoms with Crippen molar-refractivity contribution in [3.63, 3.8) is 0 Å². The number of alkyl halides is 3. The average molecular weight is 414 g/mol. The zero-order chi connectivity index (χ0) is 20.7. The maximum atomic E-state index is 13.0. The van der Waals surface area contributed by atoms with Gasteiger partial charge in [0.1, 0.15) is 5.92 Å². The summed E-state index contributed by atoms with van der Waals surface area (Å²) in [5.41, 5.74) is -0.320. The second-order valence-electron chi connectivity index (χ2n) is 7.74. The van der Waals surface area contributed by atoms with Crippen LogP contribution in [0.4, 0.5) is 13.2 Å². The molecule has 5 nitrogen and oxygen atoms in total. The normalized spacial score (nSPS) is 23.5. The zero-order valence-electron chi connectivity index (χ0n) is 15.8. The van der Waals surface area contributed by atoms with Crippen LogP contribution in [-0.2, 0) is 10.0 Å². The van der Waals surface area contributed by atoms with Crippen LogP contribution >= 0.6 is 0 Å². The smallest absolute Gasteiger partial charge is 0.299 e. The quantitative estimate of drug-likeness (QED) is 0.742. The molecule has 3 rings (SSSR count). The summed E-state index contributed by atoms with van der Waals surface area (Å²) in [5, 5.41) is 9.24. The fourth-order valence-electron chi connectivity index (χ4n) is 3.58. The number of piperazine rings is 1. The van der Waals surface area contributed by atoms with Crippen LogP contribution in [-0.4, -0.2) is 56.0 Å². The molecule has 0 bridgehead atoms. The molecule has 0 N–H and O–H groups in total. The summed E-state index contributed by atoms with van der Waals surface area (Å²) in [6.45, 7) is 4.79. The number of sulfonamides is 1. The van der Waals surface area contributed by atoms with E-state index in [9.17, 15) is 26.9 Å². The summed E-state index contributed by atoms with van der Waals surface area (Å²) in [6, 6.07) is 6.92. The Balaban J connectivity index is 1.70. The minimum absolute atomic E-state index is 0.0118. The molecule has 1 saturated heterocycles. The molecule has 0 spiro atoms. The van der Waals surface area contributed by atoms with E-state index in [2.05, 4.69) is 11.0 Å². The van der Waals surface area contributed by atoms with Gasteiger partial charge in [0.2, 0.25) is 10.0 Å². The van der Waals surface area contributed by atoms with Crippen molar-refractivity contribution in [1.29, 1.82) is 5.26 Å². The first-order valence-corrected chi connectivity index (χ1v) is 10.6. The van der Waals surface area contributed by atoms with E-state index in [1.165, 1.54) is 28.6 Å². The number of hydrogen-bond acceptors (Lipinski definition) is 4. The zero-order valence-corrected chi connectivity index (χ0v) is 16.6. The Bertz CT molecular complexity index is 858. The van der Waals surface area contributed by atoms with E-state index in [1.54, 1.807) is 0 Å². The molecule has 0 aromatic heterocycles. The van der Waals surface area contributed by atoms with Crippen molar-refractivity contribution < 1.29 is 21.6 Å². The Morgan fingerprint density at radius 2 is 1.86 bits per heavy atom. The first-order valence-electron chi connectivity index (χ1n) is 9.15. The molecule has 1 radical (unpaired) electrons. The van der Waals surface area contributed by atoms with Gasteiger partial charge < -0.3 is 0 Å². The number of nitriles is 1. The van der Waals surface area contributed by atoms with Crippen molar-refractivity contribution in [2.45, 2.75) is 43.8 Å². The Kier molecular flexibility index (Phi) is 5.51. The van der Waals surface area contributed by atoms with Crippen LogP contribution in [0.5, 0.6) is 0 Å². The van der Waals surface area contributed by atoms with Gasteiger partial charge in [0.25, 0.3) is 0 Å². The standard InChI is InChI=1S/C19H23F3N3O2S/c1-14-11-24(13-18(12-23)7-8-18)9-10-25(14)28(26,27)17-5-3-16(4-6-17)15(2)19(20,21)22/h3-6,14H,7-11,13H2,1-2H3/t14-/m1/s1. The molecular weight excluding hydrogens is 391 g/mol. The number of hydrogen-bond donors (Lipinski definition) is 0. The summed E-state index contributed by atoms with van der Waals surface area (Å²) < 4.78 is 65.7. The van der Waals surface area contributed by atoms with E-state index >= 15 is 0 Å². The van der Waals surface area contributed by atoms with Crippen LogP contribution in [0, 0.1) is 22.7 Å². The van der Waals surface area contributed by atoms with Crippen molar-refractivity contribution in [1.82, 2.24) is 9.21 Å². The molecule has 153 valence electrons. The number of benzene rings is 1. The van der Waals surface area contributed by atoms with Gasteiger partial charge in [0.05, 0.1) is 16.4 Å². The second kappa shape index (κ2) is 7.32. The minimum Gasteiger partial charge on any atom is -0.299 e. The highest BCUT2D eigenvalue weighted by molar-refractivity contribution is 7.89. The van der Waals surface area contributed by atoms with Crippen LogP contribution in [0.15, 0.2) is 29.2 Å². The minimum atomic E-state index is -4.45. The molecule has 1 saturated carbocycles. The van der Waals surface area contributed by atoms with Crippen LogP contribution < -0.4 is 0 Å². The largest absolute Gasteiger partial charge is 0.399 e. The van der Waals surface area contributed by atoms with Crippen LogP contribution in [0.25, 0.3) is 0 Å². The van der Waals surface area contributed by atoms with Crippen molar-refractivity contribution in [3.8, 4) is 6.07 Å². The van der Waals surface area contributed by atoms with Crippen LogP contribution in [0.1, 0.15) is 32.3 Å². The molecule has 2 fully saturated rings. The van der Waals surface area contributed by atoms with E-state index in [-0.39, 0.29) is 21.9 Å². The monoisotopic (exact) mass is 414 g/mol. The average Bonchev–Trinajstić information content (AvgIpc) is 3.40. The first kappa shape index (κ1) is 21.1. The lowest BCUT2D eigenvalue weighted by atomic mass is 10.0. The SMILES string of the molecule is C[C](c1ccc(S(=O)(=O)N2CCN(CC3(C#N)CC3)C[C@H]2C)cc1)C(F)(F)F. The fraction of sp³-hybridized carbons (Fsp3) is 0.579. The summed E-state index contributed by atoms with van der Waals surface area (Å²) in [5.74, 6) is -0.759. The molecule has 1 aliphatic carbocycles. The lowest BCUT2D eigenvalue weighted by molar-refractivity contribution is -0.108. The van der Waals surface area contributed by atoms with Crippen molar-refractivity contribution in [3.05, 3.63) is 35.7 Å². The molecule has 0 unspecified atom stereocenters. The van der Waals surface area contributed by atoms with Gasteiger partial charge in [-0.05, 0) is 44.4 Å². The number of nitrogens with zero attached hydrogens (tertiary/aromatic N) is 3. The first-order chi connectivity index (χ1) is 13.0. The van der Waals surface area contributed by atoms with E-state index < -0.39 is 22.1 Å². The van der Waals surface area contributed by atoms with Gasteiger partial charge in [-0.2, -0.15) is 22.7 Å². The Hall–Kier alpha value is -1.63. The van der Waals surface area contributed by atoms with Gasteiger partial charge in [-0.3, -0.25) is 4.90 Å². The van der Waals surface area contributed by atoms with Gasteiger partial charge in [0.15, 0.2) is 0 Å². The number of rotatable bonds is 5. The Morgan fingerprint density at radius 1 is 1.25 bits per heavy atom. The van der Waals surface area contributed by atoms with E-state index in [4.69, 9.17) is 0 Å². The summed E-state index contributed by atoms with van der Waals surface area (Å²) >= 11 is 0. The molecular formula is C19H23F3N3O2S. The number of halogens is 3. The van der Waals surface area contributed by atoms with Gasteiger partial charge in [-0.1, -0.05) is 12.1 Å².